The van der Waals surface area contributed by atoms with Gasteiger partial charge in [-0.2, -0.15) is 5.10 Å². The van der Waals surface area contributed by atoms with Crippen LogP contribution in [-0.2, 0) is 20.5 Å². The van der Waals surface area contributed by atoms with Gasteiger partial charge in [-0.1, -0.05) is 47.5 Å². The number of aromatic nitrogens is 4. The zero-order valence-corrected chi connectivity index (χ0v) is 30.7. The van der Waals surface area contributed by atoms with E-state index < -0.39 is 5.97 Å². The summed E-state index contributed by atoms with van der Waals surface area (Å²) in [5, 5.41) is 18.1. The van der Waals surface area contributed by atoms with Crippen LogP contribution in [0.4, 0.5) is 5.69 Å². The molecular weight excluding hydrogens is 673 g/mol. The van der Waals surface area contributed by atoms with E-state index in [9.17, 15) is 9.90 Å². The smallest absolute Gasteiger partial charge is 0.354 e. The molecule has 6 aromatic rings. The molecule has 4 heterocycles. The highest BCUT2D eigenvalue weighted by atomic mass is 35.5. The molecule has 0 radical (unpaired) electrons. The summed E-state index contributed by atoms with van der Waals surface area (Å²) in [6.45, 7) is 10.7. The number of hydrogen-bond acceptors (Lipinski definition) is 4. The van der Waals surface area contributed by atoms with E-state index in [0.717, 1.165) is 66.4 Å². The minimum Gasteiger partial charge on any atom is -0.494 e. The number of aryl methyl sites for hydroxylation is 6. The molecule has 1 amide bonds. The van der Waals surface area contributed by atoms with Crippen molar-refractivity contribution in [1.82, 2.24) is 18.9 Å². The second-order valence-electron chi connectivity index (χ2n) is 13.4. The molecule has 3 aromatic carbocycles. The van der Waals surface area contributed by atoms with Crippen LogP contribution in [0.15, 0.2) is 48.5 Å². The molecule has 0 fully saturated rings. The third kappa shape index (κ3) is 5.17. The number of carboxylic acid groups (broad SMARTS) is 1. The average Bonchev–Trinajstić information content (AvgIpc) is 3.66. The summed E-state index contributed by atoms with van der Waals surface area (Å²) in [7, 11) is 3.64. The van der Waals surface area contributed by atoms with Gasteiger partial charge < -0.3 is 23.9 Å². The first kappa shape index (κ1) is 33.8. The van der Waals surface area contributed by atoms with Crippen LogP contribution < -0.4 is 9.64 Å². The van der Waals surface area contributed by atoms with Gasteiger partial charge in [0.05, 0.1) is 34.0 Å². The van der Waals surface area contributed by atoms with Crippen molar-refractivity contribution in [3.8, 4) is 16.9 Å². The molecule has 1 N–H and O–H groups in total. The highest BCUT2D eigenvalue weighted by Crippen LogP contribution is 2.46. The summed E-state index contributed by atoms with van der Waals surface area (Å²) in [5.41, 5.74) is 9.01. The number of aromatic carboxylic acids is 1. The van der Waals surface area contributed by atoms with Crippen molar-refractivity contribution in [1.29, 1.82) is 0 Å². The number of para-hydroxylation sites is 1. The molecule has 0 saturated heterocycles. The fourth-order valence-corrected chi connectivity index (χ4v) is 8.17. The maximum atomic E-state index is 15.0. The van der Waals surface area contributed by atoms with E-state index in [1.807, 2.05) is 88.0 Å². The molecule has 1 atom stereocenters. The zero-order valence-electron chi connectivity index (χ0n) is 29.2. The van der Waals surface area contributed by atoms with Crippen LogP contribution >= 0.6 is 23.2 Å². The molecule has 3 aromatic heterocycles. The van der Waals surface area contributed by atoms with Crippen LogP contribution in [0.1, 0.15) is 68.4 Å². The molecule has 50 heavy (non-hydrogen) atoms. The Hall–Kier alpha value is -4.73. The van der Waals surface area contributed by atoms with E-state index >= 15 is 4.79 Å². The van der Waals surface area contributed by atoms with E-state index in [-0.39, 0.29) is 24.2 Å². The van der Waals surface area contributed by atoms with Crippen molar-refractivity contribution in [2.24, 2.45) is 14.1 Å². The fourth-order valence-electron chi connectivity index (χ4n) is 7.81. The zero-order chi connectivity index (χ0) is 35.8. The summed E-state index contributed by atoms with van der Waals surface area (Å²) < 4.78 is 11.8. The number of hydrogen-bond donors (Lipinski definition) is 1. The Balaban J connectivity index is 1.40. The van der Waals surface area contributed by atoms with Gasteiger partial charge in [0.2, 0.25) is 0 Å². The van der Waals surface area contributed by atoms with Gasteiger partial charge in [-0.25, -0.2) is 4.79 Å². The number of nitrogens with zero attached hydrogens (tertiary/aromatic N) is 5. The lowest BCUT2D eigenvalue weighted by Crippen LogP contribution is -2.43. The first-order valence-corrected chi connectivity index (χ1v) is 17.4. The van der Waals surface area contributed by atoms with E-state index in [2.05, 4.69) is 11.5 Å². The van der Waals surface area contributed by atoms with Crippen molar-refractivity contribution < 1.29 is 19.4 Å². The van der Waals surface area contributed by atoms with Crippen molar-refractivity contribution >= 4 is 62.6 Å². The molecule has 1 aliphatic rings. The molecular formula is C39H39Cl2N5O4. The Morgan fingerprint density at radius 1 is 1.00 bits per heavy atom. The molecule has 11 heteroatoms. The van der Waals surface area contributed by atoms with E-state index in [4.69, 9.17) is 33.0 Å². The number of rotatable bonds is 8. The highest BCUT2D eigenvalue weighted by Gasteiger charge is 2.39. The topological polar surface area (TPSA) is 94.5 Å². The molecule has 0 saturated carbocycles. The van der Waals surface area contributed by atoms with Crippen LogP contribution in [-0.4, -0.2) is 49.0 Å². The Kier molecular flexibility index (Phi) is 8.47. The summed E-state index contributed by atoms with van der Waals surface area (Å²) in [6.07, 6.45) is 1.18. The maximum absolute atomic E-state index is 15.0. The van der Waals surface area contributed by atoms with Crippen molar-refractivity contribution in [3.63, 3.8) is 0 Å². The second kappa shape index (κ2) is 12.5. The number of ether oxygens (including phenoxy) is 1. The summed E-state index contributed by atoms with van der Waals surface area (Å²) in [5.74, 6) is -0.593. The number of carbonyl (C=O) groups is 2. The van der Waals surface area contributed by atoms with Gasteiger partial charge in [-0.05, 0) is 88.4 Å². The quantitative estimate of drug-likeness (QED) is 0.159. The summed E-state index contributed by atoms with van der Waals surface area (Å²) in [6, 6.07) is 15.1. The Bertz CT molecular complexity index is 2360. The summed E-state index contributed by atoms with van der Waals surface area (Å²) in [4.78, 5) is 29.4. The van der Waals surface area contributed by atoms with Crippen LogP contribution in [0, 0.1) is 27.7 Å². The second-order valence-corrected chi connectivity index (χ2v) is 14.1. The molecule has 0 aliphatic carbocycles. The van der Waals surface area contributed by atoms with Crippen LogP contribution in [0.25, 0.3) is 32.9 Å². The van der Waals surface area contributed by atoms with Crippen LogP contribution in [0.5, 0.6) is 5.75 Å². The molecule has 1 unspecified atom stereocenters. The lowest BCUT2D eigenvalue weighted by atomic mass is 9.98. The lowest BCUT2D eigenvalue weighted by Gasteiger charge is -2.34. The number of amides is 1. The third-order valence-electron chi connectivity index (χ3n) is 10.1. The highest BCUT2D eigenvalue weighted by molar-refractivity contribution is 6.35. The van der Waals surface area contributed by atoms with Crippen LogP contribution in [0.2, 0.25) is 10.0 Å². The van der Waals surface area contributed by atoms with Crippen molar-refractivity contribution in [2.75, 3.05) is 18.1 Å². The lowest BCUT2D eigenvalue weighted by molar-refractivity contribution is 0.0687. The monoisotopic (exact) mass is 711 g/mol. The molecule has 258 valence electrons. The van der Waals surface area contributed by atoms with Gasteiger partial charge in [0.15, 0.2) is 5.69 Å². The first-order valence-electron chi connectivity index (χ1n) is 16.7. The molecule has 0 spiro atoms. The molecule has 1 aliphatic heterocycles. The number of fused-ring (bicyclic) bond motifs is 4. The van der Waals surface area contributed by atoms with Gasteiger partial charge in [0, 0.05) is 59.3 Å². The van der Waals surface area contributed by atoms with E-state index in [1.54, 1.807) is 16.5 Å². The SMILES string of the molecule is Cc1cc(OCCCc2c3n(c4c(-c5c(C)nn(C)c5C)c(Cl)ccc24)C(C)CN(c2c(C(=O)O)n(C)c4ccccc24)C3=O)cc(C)c1Cl. The molecule has 0 bridgehead atoms. The standard InChI is InChI=1S/C39H39Cl2N5O4/c1-20-17-25(18-21(2)33(20)41)50-16-10-12-26-27-14-15-29(40)32(31-23(4)42-44(7)24(31)5)34(27)46-22(3)19-45(38(47)36(26)46)35-28-11-8-9-13-30(28)43(6)37(35)39(48)49/h8-9,11,13-15,17-18,22H,10,12,16,19H2,1-7H3,(H,48,49). The first-order chi connectivity index (χ1) is 23.8. The number of halogens is 2. The van der Waals surface area contributed by atoms with Gasteiger partial charge in [-0.3, -0.25) is 9.48 Å². The van der Waals surface area contributed by atoms with Gasteiger partial charge in [0.25, 0.3) is 5.91 Å². The van der Waals surface area contributed by atoms with Crippen molar-refractivity contribution in [3.05, 3.63) is 98.0 Å². The number of carbonyl (C=O) groups excluding carboxylic acids is 1. The Morgan fingerprint density at radius 2 is 1.70 bits per heavy atom. The predicted molar refractivity (Wildman–Crippen MR) is 200 cm³/mol. The number of anilines is 1. The van der Waals surface area contributed by atoms with E-state index in [1.165, 1.54) is 0 Å². The van der Waals surface area contributed by atoms with Crippen LogP contribution in [0.3, 0.4) is 0 Å². The average molecular weight is 713 g/mol. The summed E-state index contributed by atoms with van der Waals surface area (Å²) >= 11 is 13.5. The fraction of sp³-hybridized carbons (Fsp3) is 0.308. The Morgan fingerprint density at radius 3 is 2.36 bits per heavy atom. The van der Waals surface area contributed by atoms with Gasteiger partial charge in [-0.15, -0.1) is 0 Å². The normalized spacial score (nSPS) is 14.6. The number of carboxylic acids is 1. The third-order valence-corrected chi connectivity index (χ3v) is 11.0. The molecule has 7 rings (SSSR count). The Labute approximate surface area is 300 Å². The van der Waals surface area contributed by atoms with Crippen molar-refractivity contribution in [2.45, 2.75) is 53.5 Å². The molecule has 9 nitrogen and oxygen atoms in total. The number of benzene rings is 3. The largest absolute Gasteiger partial charge is 0.494 e. The maximum Gasteiger partial charge on any atom is 0.354 e. The van der Waals surface area contributed by atoms with E-state index in [0.29, 0.717) is 41.2 Å². The minimum absolute atomic E-state index is 0.0742. The predicted octanol–water partition coefficient (Wildman–Crippen LogP) is 9.01. The van der Waals surface area contributed by atoms with Gasteiger partial charge in [0.1, 0.15) is 11.4 Å². The minimum atomic E-state index is -1.09. The van der Waals surface area contributed by atoms with Gasteiger partial charge >= 0.3 is 5.97 Å².